The summed E-state index contributed by atoms with van der Waals surface area (Å²) in [6.07, 6.45) is 11.2. The third kappa shape index (κ3) is 4.70. The van der Waals surface area contributed by atoms with Crippen molar-refractivity contribution in [2.45, 2.75) is 51.4 Å². The monoisotopic (exact) mass is 299 g/mol. The van der Waals surface area contributed by atoms with E-state index in [9.17, 15) is 13.2 Å². The van der Waals surface area contributed by atoms with E-state index in [4.69, 9.17) is 0 Å². The Kier molecular flexibility index (Phi) is 5.38. The summed E-state index contributed by atoms with van der Waals surface area (Å²) >= 11 is 0. The topological polar surface area (TPSA) is 54.5 Å². The summed E-state index contributed by atoms with van der Waals surface area (Å²) in [5.74, 6) is 0.369. The summed E-state index contributed by atoms with van der Waals surface area (Å²) in [5, 5.41) is 0. The molecule has 0 N–H and O–H groups in total. The van der Waals surface area contributed by atoms with Crippen LogP contribution in [0.5, 0.6) is 0 Å². The normalized spacial score (nSPS) is 25.4. The van der Waals surface area contributed by atoms with Crippen LogP contribution in [-0.4, -0.2) is 37.9 Å². The average molecular weight is 299 g/mol. The van der Waals surface area contributed by atoms with Crippen molar-refractivity contribution >= 4 is 15.8 Å². The van der Waals surface area contributed by atoms with Crippen LogP contribution in [0.25, 0.3) is 0 Å². The molecule has 1 atom stereocenters. The quantitative estimate of drug-likeness (QED) is 0.750. The highest BCUT2D eigenvalue weighted by molar-refractivity contribution is 7.88. The third-order valence-corrected chi connectivity index (χ3v) is 5.57. The minimum atomic E-state index is -3.12. The van der Waals surface area contributed by atoms with Crippen molar-refractivity contribution in [1.29, 1.82) is 0 Å². The Bertz CT molecular complexity index is 473. The summed E-state index contributed by atoms with van der Waals surface area (Å²) in [7, 11) is -3.12. The van der Waals surface area contributed by atoms with E-state index in [-0.39, 0.29) is 11.7 Å². The third-order valence-electron chi connectivity index (χ3n) is 4.30. The number of allylic oxidation sites excluding steroid dienone is 2. The summed E-state index contributed by atoms with van der Waals surface area (Å²) < 4.78 is 24.6. The predicted octanol–water partition coefficient (Wildman–Crippen LogP) is 2.51. The number of carbonyl (C=O) groups excluding carboxylic acids is 1. The molecule has 20 heavy (non-hydrogen) atoms. The highest BCUT2D eigenvalue weighted by Crippen LogP contribution is 2.25. The molecule has 1 saturated heterocycles. The molecule has 1 heterocycles. The van der Waals surface area contributed by atoms with E-state index < -0.39 is 10.0 Å². The minimum absolute atomic E-state index is 0.183. The molecule has 2 aliphatic rings. The first kappa shape index (κ1) is 15.7. The smallest absolute Gasteiger partial charge is 0.211 e. The van der Waals surface area contributed by atoms with Gasteiger partial charge < -0.3 is 0 Å². The molecule has 4 nitrogen and oxygen atoms in total. The zero-order valence-electron chi connectivity index (χ0n) is 12.3. The van der Waals surface area contributed by atoms with Crippen LogP contribution in [0.4, 0.5) is 0 Å². The van der Waals surface area contributed by atoms with Crippen molar-refractivity contribution in [3.63, 3.8) is 0 Å². The van der Waals surface area contributed by atoms with E-state index in [1.54, 1.807) is 0 Å². The molecule has 2 fully saturated rings. The van der Waals surface area contributed by atoms with Gasteiger partial charge >= 0.3 is 0 Å². The van der Waals surface area contributed by atoms with Gasteiger partial charge in [-0.3, -0.25) is 4.79 Å². The lowest BCUT2D eigenvalue weighted by molar-refractivity contribution is -0.115. The van der Waals surface area contributed by atoms with E-state index in [0.29, 0.717) is 19.5 Å². The summed E-state index contributed by atoms with van der Waals surface area (Å²) in [5.41, 5.74) is 1.29. The van der Waals surface area contributed by atoms with Crippen LogP contribution < -0.4 is 0 Å². The van der Waals surface area contributed by atoms with E-state index in [2.05, 4.69) is 0 Å². The highest BCUT2D eigenvalue weighted by atomic mass is 32.2. The second-order valence-electron chi connectivity index (χ2n) is 6.16. The van der Waals surface area contributed by atoms with Gasteiger partial charge in [-0.15, -0.1) is 0 Å². The average Bonchev–Trinajstić information content (AvgIpc) is 2.39. The lowest BCUT2D eigenvalue weighted by Gasteiger charge is -2.30. The molecule has 1 aliphatic heterocycles. The molecule has 114 valence electrons. The van der Waals surface area contributed by atoms with Gasteiger partial charge in [0.2, 0.25) is 10.0 Å². The van der Waals surface area contributed by atoms with Gasteiger partial charge in [0.1, 0.15) is 0 Å². The zero-order valence-corrected chi connectivity index (χ0v) is 13.1. The number of piperidine rings is 1. The van der Waals surface area contributed by atoms with Crippen LogP contribution >= 0.6 is 0 Å². The Morgan fingerprint density at radius 3 is 2.60 bits per heavy atom. The van der Waals surface area contributed by atoms with E-state index in [1.165, 1.54) is 35.4 Å². The molecule has 1 saturated carbocycles. The molecule has 0 radical (unpaired) electrons. The first-order chi connectivity index (χ1) is 9.45. The number of hydrogen-bond acceptors (Lipinski definition) is 3. The first-order valence-corrected chi connectivity index (χ1v) is 9.47. The molecule has 0 aromatic rings. The molecule has 5 heteroatoms. The maximum atomic E-state index is 12.1. The van der Waals surface area contributed by atoms with Crippen molar-refractivity contribution in [2.24, 2.45) is 5.92 Å². The Labute approximate surface area is 122 Å². The standard InChI is InChI=1S/C15H25NO3S/c1-20(18,19)16-9-5-8-14(12-16)11-15(17)10-13-6-3-2-4-7-13/h10,14H,2-9,11-12H2,1H3. The van der Waals surface area contributed by atoms with Crippen LogP contribution in [0.1, 0.15) is 51.4 Å². The Morgan fingerprint density at radius 2 is 1.95 bits per heavy atom. The SMILES string of the molecule is CS(=O)(=O)N1CCCC(CC(=O)C=C2CCCCC2)C1. The first-order valence-electron chi connectivity index (χ1n) is 7.62. The van der Waals surface area contributed by atoms with Gasteiger partial charge in [0.15, 0.2) is 5.78 Å². The molecular weight excluding hydrogens is 274 g/mol. The molecule has 1 unspecified atom stereocenters. The molecule has 0 aromatic heterocycles. The van der Waals surface area contributed by atoms with Crippen molar-refractivity contribution in [2.75, 3.05) is 19.3 Å². The number of hydrogen-bond donors (Lipinski definition) is 0. The van der Waals surface area contributed by atoms with Gasteiger partial charge in [0, 0.05) is 19.5 Å². The molecule has 0 spiro atoms. The summed E-state index contributed by atoms with van der Waals surface area (Å²) in [4.78, 5) is 12.1. The van der Waals surface area contributed by atoms with Gasteiger partial charge in [0.25, 0.3) is 0 Å². The Morgan fingerprint density at radius 1 is 1.25 bits per heavy atom. The second-order valence-corrected chi connectivity index (χ2v) is 8.15. The maximum Gasteiger partial charge on any atom is 0.211 e. The fourth-order valence-corrected chi connectivity index (χ4v) is 4.16. The van der Waals surface area contributed by atoms with Crippen LogP contribution in [-0.2, 0) is 14.8 Å². The fraction of sp³-hybridized carbons (Fsp3) is 0.800. The molecule has 1 aliphatic carbocycles. The lowest BCUT2D eigenvalue weighted by Crippen LogP contribution is -2.39. The maximum absolute atomic E-state index is 12.1. The number of ketones is 1. The number of sulfonamides is 1. The van der Waals surface area contributed by atoms with Gasteiger partial charge in [-0.1, -0.05) is 12.0 Å². The molecule has 2 rings (SSSR count). The molecule has 0 amide bonds. The number of carbonyl (C=O) groups is 1. The lowest BCUT2D eigenvalue weighted by atomic mass is 9.90. The van der Waals surface area contributed by atoms with Crippen LogP contribution in [0, 0.1) is 5.92 Å². The van der Waals surface area contributed by atoms with E-state index >= 15 is 0 Å². The van der Waals surface area contributed by atoms with Gasteiger partial charge in [-0.2, -0.15) is 0 Å². The van der Waals surface area contributed by atoms with E-state index in [0.717, 1.165) is 25.7 Å². The van der Waals surface area contributed by atoms with Crippen LogP contribution in [0.3, 0.4) is 0 Å². The van der Waals surface area contributed by atoms with Crippen molar-refractivity contribution in [1.82, 2.24) is 4.31 Å². The van der Waals surface area contributed by atoms with E-state index in [1.807, 2.05) is 6.08 Å². The minimum Gasteiger partial charge on any atom is -0.295 e. The van der Waals surface area contributed by atoms with Crippen LogP contribution in [0.2, 0.25) is 0 Å². The molecule has 0 bridgehead atoms. The van der Waals surface area contributed by atoms with Crippen LogP contribution in [0.15, 0.2) is 11.6 Å². The summed E-state index contributed by atoms with van der Waals surface area (Å²) in [6, 6.07) is 0. The molecule has 0 aromatic carbocycles. The zero-order chi connectivity index (χ0) is 14.6. The summed E-state index contributed by atoms with van der Waals surface area (Å²) in [6.45, 7) is 1.11. The number of nitrogens with zero attached hydrogens (tertiary/aromatic N) is 1. The van der Waals surface area contributed by atoms with Gasteiger partial charge in [-0.05, 0) is 50.5 Å². The predicted molar refractivity (Wildman–Crippen MR) is 79.9 cm³/mol. The van der Waals surface area contributed by atoms with Crippen molar-refractivity contribution in [3.05, 3.63) is 11.6 Å². The van der Waals surface area contributed by atoms with Gasteiger partial charge in [0.05, 0.1) is 6.26 Å². The van der Waals surface area contributed by atoms with Crippen molar-refractivity contribution in [3.8, 4) is 0 Å². The fourth-order valence-electron chi connectivity index (χ4n) is 3.22. The highest BCUT2D eigenvalue weighted by Gasteiger charge is 2.26. The Hall–Kier alpha value is -0.680. The number of rotatable bonds is 4. The van der Waals surface area contributed by atoms with Crippen molar-refractivity contribution < 1.29 is 13.2 Å². The largest absolute Gasteiger partial charge is 0.295 e. The van der Waals surface area contributed by atoms with Gasteiger partial charge in [-0.25, -0.2) is 12.7 Å². The molecular formula is C15H25NO3S. The second kappa shape index (κ2) is 6.85. The Balaban J connectivity index is 1.87.